The van der Waals surface area contributed by atoms with E-state index in [2.05, 4.69) is 4.98 Å². The van der Waals surface area contributed by atoms with Gasteiger partial charge in [0.25, 0.3) is 5.91 Å². The average molecular weight is 235 g/mol. The largest absolute Gasteiger partial charge is 0.283 e. The van der Waals surface area contributed by atoms with Crippen LogP contribution in [-0.2, 0) is 0 Å². The number of amides is 1. The molecule has 0 aliphatic carbocycles. The fourth-order valence-electron chi connectivity index (χ4n) is 1.01. The van der Waals surface area contributed by atoms with Gasteiger partial charge in [-0.15, -0.1) is 11.3 Å². The monoisotopic (exact) mass is 235 g/mol. The smallest absolute Gasteiger partial charge is 0.266 e. The van der Waals surface area contributed by atoms with Gasteiger partial charge in [0, 0.05) is 16.3 Å². The van der Waals surface area contributed by atoms with Crippen molar-refractivity contribution in [3.05, 3.63) is 27.9 Å². The van der Waals surface area contributed by atoms with E-state index in [1.165, 1.54) is 11.3 Å². The highest BCUT2D eigenvalue weighted by Gasteiger charge is 2.11. The molecule has 2 aromatic rings. The molecule has 1 amide bonds. The van der Waals surface area contributed by atoms with E-state index < -0.39 is 5.91 Å². The summed E-state index contributed by atoms with van der Waals surface area (Å²) in [5.41, 5.74) is 1.28. The number of carbonyl (C=O) groups is 1. The van der Waals surface area contributed by atoms with Crippen molar-refractivity contribution in [3.63, 3.8) is 0 Å². The van der Waals surface area contributed by atoms with E-state index in [9.17, 15) is 4.79 Å². The third-order valence-electron chi connectivity index (χ3n) is 1.67. The van der Waals surface area contributed by atoms with Gasteiger partial charge in [-0.25, -0.2) is 4.98 Å². The number of hydrogen-bond donors (Lipinski definition) is 1. The summed E-state index contributed by atoms with van der Waals surface area (Å²) >= 11 is 2.96. The Morgan fingerprint density at radius 1 is 1.53 bits per heavy atom. The van der Waals surface area contributed by atoms with E-state index in [-0.39, 0.29) is 5.69 Å². The molecule has 0 saturated carbocycles. The van der Waals surface area contributed by atoms with Crippen LogP contribution in [0.1, 0.15) is 10.5 Å². The lowest BCUT2D eigenvalue weighted by molar-refractivity contribution is 0.0969. The molecule has 0 atom stereocenters. The molecule has 0 spiro atoms. The first-order valence-electron chi connectivity index (χ1n) is 3.99. The van der Waals surface area contributed by atoms with Crippen LogP contribution in [0.5, 0.6) is 0 Å². The van der Waals surface area contributed by atoms with Crippen LogP contribution in [0.2, 0.25) is 0 Å². The van der Waals surface area contributed by atoms with Crippen molar-refractivity contribution in [3.8, 4) is 16.8 Å². The van der Waals surface area contributed by atoms with E-state index in [4.69, 9.17) is 5.26 Å². The number of carbonyl (C=O) groups excluding carboxylic acids is 1. The molecule has 74 valence electrons. The molecule has 1 N–H and O–H groups in total. The molecule has 0 unspecified atom stereocenters. The maximum absolute atomic E-state index is 11.2. The van der Waals surface area contributed by atoms with Gasteiger partial charge in [-0.1, -0.05) is 0 Å². The Labute approximate surface area is 93.8 Å². The number of hydrogen-bond acceptors (Lipinski definition) is 5. The number of nitriles is 1. The summed E-state index contributed by atoms with van der Waals surface area (Å²) in [5, 5.41) is 16.7. The molecule has 0 aliphatic heterocycles. The highest BCUT2D eigenvalue weighted by atomic mass is 32.1. The molecule has 4 nitrogen and oxygen atoms in total. The minimum Gasteiger partial charge on any atom is -0.266 e. The molecule has 2 rings (SSSR count). The highest BCUT2D eigenvalue weighted by Crippen LogP contribution is 2.25. The Balaban J connectivity index is 2.26. The molecule has 0 saturated heterocycles. The molecule has 0 aromatic carbocycles. The van der Waals surface area contributed by atoms with Crippen LogP contribution in [-0.4, -0.2) is 10.9 Å². The number of rotatable bonds is 2. The maximum Gasteiger partial charge on any atom is 0.283 e. The average Bonchev–Trinajstić information content (AvgIpc) is 2.89. The van der Waals surface area contributed by atoms with E-state index in [0.29, 0.717) is 0 Å². The van der Waals surface area contributed by atoms with Crippen molar-refractivity contribution >= 4 is 28.6 Å². The molecule has 15 heavy (non-hydrogen) atoms. The van der Waals surface area contributed by atoms with Crippen LogP contribution in [0.4, 0.5) is 0 Å². The zero-order valence-electron chi connectivity index (χ0n) is 7.43. The molecule has 0 bridgehead atoms. The summed E-state index contributed by atoms with van der Waals surface area (Å²) in [7, 11) is 0. The predicted octanol–water partition coefficient (Wildman–Crippen LogP) is 2.08. The highest BCUT2D eigenvalue weighted by molar-refractivity contribution is 7.14. The SMILES string of the molecule is N#CNC(=O)c1csc(-c2ccsc2)n1. The Kier molecular flexibility index (Phi) is 2.76. The van der Waals surface area contributed by atoms with Gasteiger partial charge in [0.1, 0.15) is 10.7 Å². The van der Waals surface area contributed by atoms with Gasteiger partial charge in [-0.3, -0.25) is 10.1 Å². The van der Waals surface area contributed by atoms with Crippen molar-refractivity contribution in [2.45, 2.75) is 0 Å². The number of thiophene rings is 1. The second-order valence-corrected chi connectivity index (χ2v) is 4.25. The quantitative estimate of drug-likeness (QED) is 0.640. The third-order valence-corrected chi connectivity index (χ3v) is 3.25. The van der Waals surface area contributed by atoms with E-state index in [1.807, 2.05) is 22.1 Å². The Hall–Kier alpha value is -1.71. The van der Waals surface area contributed by atoms with Gasteiger partial charge in [-0.2, -0.15) is 16.6 Å². The number of aromatic nitrogens is 1. The predicted molar refractivity (Wildman–Crippen MR) is 58.5 cm³/mol. The minimum absolute atomic E-state index is 0.280. The molecule has 2 heterocycles. The van der Waals surface area contributed by atoms with Crippen molar-refractivity contribution in [2.75, 3.05) is 0 Å². The fraction of sp³-hybridized carbons (Fsp3) is 0. The van der Waals surface area contributed by atoms with Crippen LogP contribution in [0, 0.1) is 11.5 Å². The lowest BCUT2D eigenvalue weighted by atomic mass is 10.3. The maximum atomic E-state index is 11.2. The first-order chi connectivity index (χ1) is 7.31. The van der Waals surface area contributed by atoms with Crippen molar-refractivity contribution < 1.29 is 4.79 Å². The summed E-state index contributed by atoms with van der Waals surface area (Å²) in [4.78, 5) is 15.4. The minimum atomic E-state index is -0.463. The van der Waals surface area contributed by atoms with Gasteiger partial charge in [0.15, 0.2) is 6.19 Å². The summed E-state index contributed by atoms with van der Waals surface area (Å²) in [5.74, 6) is -0.463. The van der Waals surface area contributed by atoms with Crippen molar-refractivity contribution in [1.82, 2.24) is 10.3 Å². The summed E-state index contributed by atoms with van der Waals surface area (Å²) in [6, 6.07) is 1.94. The molecular weight excluding hydrogens is 230 g/mol. The molecular formula is C9H5N3OS2. The summed E-state index contributed by atoms with van der Waals surface area (Å²) in [6.07, 6.45) is 1.58. The zero-order valence-corrected chi connectivity index (χ0v) is 9.06. The molecule has 2 aromatic heterocycles. The van der Waals surface area contributed by atoms with Crippen LogP contribution in [0.25, 0.3) is 10.6 Å². The van der Waals surface area contributed by atoms with Gasteiger partial charge < -0.3 is 0 Å². The van der Waals surface area contributed by atoms with Gasteiger partial charge in [-0.05, 0) is 11.4 Å². The lowest BCUT2D eigenvalue weighted by Gasteiger charge is -1.89. The van der Waals surface area contributed by atoms with Crippen LogP contribution < -0.4 is 5.32 Å². The molecule has 0 aliphatic rings. The van der Waals surface area contributed by atoms with Gasteiger partial charge >= 0.3 is 0 Å². The lowest BCUT2D eigenvalue weighted by Crippen LogP contribution is -2.17. The first kappa shape index (κ1) is 9.83. The first-order valence-corrected chi connectivity index (χ1v) is 5.81. The Morgan fingerprint density at radius 2 is 2.40 bits per heavy atom. The number of thiazole rings is 1. The topological polar surface area (TPSA) is 65.8 Å². The van der Waals surface area contributed by atoms with E-state index in [1.54, 1.807) is 22.9 Å². The molecule has 6 heteroatoms. The number of nitrogens with one attached hydrogen (secondary N) is 1. The van der Waals surface area contributed by atoms with Crippen LogP contribution in [0.3, 0.4) is 0 Å². The summed E-state index contributed by atoms with van der Waals surface area (Å²) < 4.78 is 0. The second kappa shape index (κ2) is 4.21. The van der Waals surface area contributed by atoms with Crippen molar-refractivity contribution in [2.24, 2.45) is 0 Å². The zero-order chi connectivity index (χ0) is 10.7. The van der Waals surface area contributed by atoms with E-state index in [0.717, 1.165) is 10.6 Å². The number of nitrogens with zero attached hydrogens (tertiary/aromatic N) is 2. The molecule has 0 fully saturated rings. The van der Waals surface area contributed by atoms with Crippen LogP contribution in [0.15, 0.2) is 22.2 Å². The summed E-state index contributed by atoms with van der Waals surface area (Å²) in [6.45, 7) is 0. The standard InChI is InChI=1S/C9H5N3OS2/c10-5-11-8(13)7-4-15-9(12-7)6-1-2-14-3-6/h1-4H,(H,11,13). The van der Waals surface area contributed by atoms with Gasteiger partial charge in [0.2, 0.25) is 0 Å². The second-order valence-electron chi connectivity index (χ2n) is 2.62. The Bertz CT molecular complexity index is 510. The normalized spacial score (nSPS) is 9.53. The van der Waals surface area contributed by atoms with Crippen LogP contribution >= 0.6 is 22.7 Å². The molecule has 0 radical (unpaired) electrons. The van der Waals surface area contributed by atoms with E-state index >= 15 is 0 Å². The van der Waals surface area contributed by atoms with Gasteiger partial charge in [0.05, 0.1) is 0 Å². The third kappa shape index (κ3) is 2.03. The Morgan fingerprint density at radius 3 is 3.07 bits per heavy atom. The fourth-order valence-corrected chi connectivity index (χ4v) is 2.52. The van der Waals surface area contributed by atoms with Crippen molar-refractivity contribution in [1.29, 1.82) is 5.26 Å².